The Morgan fingerprint density at radius 2 is 0.733 bits per heavy atom. The van der Waals surface area contributed by atoms with Crippen molar-refractivity contribution in [3.63, 3.8) is 0 Å². The van der Waals surface area contributed by atoms with E-state index in [-0.39, 0.29) is 10.8 Å². The lowest BCUT2D eigenvalue weighted by molar-refractivity contribution is 0.439. The Kier molecular flexibility index (Phi) is 8.12. The summed E-state index contributed by atoms with van der Waals surface area (Å²) in [6.45, 7) is 13.3. The molecule has 0 amide bonds. The predicted octanol–water partition coefficient (Wildman–Crippen LogP) is 11.5. The predicted molar refractivity (Wildman–Crippen MR) is 188 cm³/mol. The summed E-state index contributed by atoms with van der Waals surface area (Å²) in [5.74, 6) is 1.06. The van der Waals surface area contributed by atoms with E-state index < -0.39 is 0 Å². The van der Waals surface area contributed by atoms with Crippen molar-refractivity contribution in [3.05, 3.63) is 145 Å². The number of rotatable bonds is 6. The molecule has 4 aromatic carbocycles. The van der Waals surface area contributed by atoms with Gasteiger partial charge in [-0.05, 0) is 56.3 Å². The highest BCUT2D eigenvalue weighted by Crippen LogP contribution is 2.38. The number of nitrogens with zero attached hydrogens (tertiary/aromatic N) is 2. The first kappa shape index (κ1) is 30.0. The normalized spacial score (nSPS) is 11.8. The molecule has 2 aromatic heterocycles. The molecule has 0 aliphatic carbocycles. The zero-order valence-electron chi connectivity index (χ0n) is 27.0. The standard InChI is InChI=1S/C42H40N2O/c1-41(2,3)31-25-37(35-23-15-13-21-33(35)29-17-9-7-10-18-29)43-39(27-31)45-40-28-32(42(4,5)6)26-38(44-40)36-24-16-14-22-34(36)30-19-11-8-12-20-30/h7-28H,1-6H3. The molecular formula is C42H40N2O. The van der Waals surface area contributed by atoms with Gasteiger partial charge >= 0.3 is 0 Å². The van der Waals surface area contributed by atoms with Gasteiger partial charge < -0.3 is 4.74 Å². The zero-order valence-corrected chi connectivity index (χ0v) is 27.0. The second kappa shape index (κ2) is 12.2. The van der Waals surface area contributed by atoms with Crippen LogP contribution in [0.2, 0.25) is 0 Å². The number of pyridine rings is 2. The summed E-state index contributed by atoms with van der Waals surface area (Å²) in [7, 11) is 0. The van der Waals surface area contributed by atoms with Crippen LogP contribution in [0.3, 0.4) is 0 Å². The van der Waals surface area contributed by atoms with Crippen LogP contribution >= 0.6 is 0 Å². The number of hydrogen-bond acceptors (Lipinski definition) is 3. The van der Waals surface area contributed by atoms with Crippen LogP contribution in [0.15, 0.2) is 133 Å². The van der Waals surface area contributed by atoms with Crippen molar-refractivity contribution in [2.45, 2.75) is 52.4 Å². The van der Waals surface area contributed by atoms with Crippen molar-refractivity contribution < 1.29 is 4.74 Å². The number of ether oxygens (including phenoxy) is 1. The van der Waals surface area contributed by atoms with Gasteiger partial charge in [-0.3, -0.25) is 0 Å². The van der Waals surface area contributed by atoms with Gasteiger partial charge in [-0.15, -0.1) is 0 Å². The van der Waals surface area contributed by atoms with Crippen LogP contribution < -0.4 is 4.74 Å². The Morgan fingerprint density at radius 1 is 0.400 bits per heavy atom. The number of aromatic nitrogens is 2. The highest BCUT2D eigenvalue weighted by Gasteiger charge is 2.22. The Bertz CT molecular complexity index is 1790. The maximum absolute atomic E-state index is 6.64. The average molecular weight is 589 g/mol. The van der Waals surface area contributed by atoms with Gasteiger partial charge in [0.25, 0.3) is 0 Å². The molecule has 0 fully saturated rings. The first-order chi connectivity index (χ1) is 21.6. The zero-order chi connectivity index (χ0) is 31.6. The summed E-state index contributed by atoms with van der Waals surface area (Å²) in [5, 5.41) is 0. The summed E-state index contributed by atoms with van der Waals surface area (Å²) in [4.78, 5) is 10.2. The van der Waals surface area contributed by atoms with E-state index >= 15 is 0 Å². The van der Waals surface area contributed by atoms with Crippen molar-refractivity contribution in [1.82, 2.24) is 9.97 Å². The van der Waals surface area contributed by atoms with Crippen molar-refractivity contribution in [1.29, 1.82) is 0 Å². The molecule has 0 aliphatic heterocycles. The average Bonchev–Trinajstić information content (AvgIpc) is 3.04. The van der Waals surface area contributed by atoms with E-state index in [4.69, 9.17) is 14.7 Å². The second-order valence-electron chi connectivity index (χ2n) is 13.6. The van der Waals surface area contributed by atoms with E-state index in [2.05, 4.69) is 163 Å². The largest absolute Gasteiger partial charge is 0.421 e. The highest BCUT2D eigenvalue weighted by molar-refractivity contribution is 5.83. The minimum absolute atomic E-state index is 0.113. The third-order valence-corrected chi connectivity index (χ3v) is 8.12. The fourth-order valence-corrected chi connectivity index (χ4v) is 5.52. The molecule has 45 heavy (non-hydrogen) atoms. The number of benzene rings is 4. The monoisotopic (exact) mass is 588 g/mol. The minimum Gasteiger partial charge on any atom is -0.421 e. The van der Waals surface area contributed by atoms with Gasteiger partial charge in [0.1, 0.15) is 0 Å². The maximum atomic E-state index is 6.64. The van der Waals surface area contributed by atoms with Gasteiger partial charge in [0, 0.05) is 23.3 Å². The van der Waals surface area contributed by atoms with Gasteiger partial charge in [0.05, 0.1) is 11.4 Å². The van der Waals surface area contributed by atoms with Crippen LogP contribution in [-0.2, 0) is 10.8 Å². The van der Waals surface area contributed by atoms with E-state index in [9.17, 15) is 0 Å². The highest BCUT2D eigenvalue weighted by atomic mass is 16.5. The Morgan fingerprint density at radius 3 is 1.09 bits per heavy atom. The van der Waals surface area contributed by atoms with Crippen LogP contribution in [0.5, 0.6) is 11.8 Å². The molecule has 6 rings (SSSR count). The third kappa shape index (κ3) is 6.73. The summed E-state index contributed by atoms with van der Waals surface area (Å²) < 4.78 is 6.64. The van der Waals surface area contributed by atoms with Crippen LogP contribution in [0, 0.1) is 0 Å². The van der Waals surface area contributed by atoms with Crippen LogP contribution in [0.4, 0.5) is 0 Å². The topological polar surface area (TPSA) is 35.0 Å². The maximum Gasteiger partial charge on any atom is 0.222 e. The first-order valence-electron chi connectivity index (χ1n) is 15.6. The summed E-state index contributed by atoms with van der Waals surface area (Å²) >= 11 is 0. The molecule has 0 saturated carbocycles. The SMILES string of the molecule is CC(C)(C)c1cc(Oc2cc(C(C)(C)C)cc(-c3ccccc3-c3ccccc3)n2)nc(-c2ccccc2-c2ccccc2)c1. The van der Waals surface area contributed by atoms with Crippen LogP contribution in [0.1, 0.15) is 52.7 Å². The Balaban J connectivity index is 1.48. The van der Waals surface area contributed by atoms with Gasteiger partial charge in [-0.2, -0.15) is 0 Å². The molecule has 6 aromatic rings. The summed E-state index contributed by atoms with van der Waals surface area (Å²) in [6.07, 6.45) is 0. The van der Waals surface area contributed by atoms with Crippen LogP contribution in [0.25, 0.3) is 44.8 Å². The molecule has 0 atom stereocenters. The molecule has 0 saturated heterocycles. The Labute approximate surface area is 267 Å². The molecule has 0 aliphatic rings. The molecule has 0 radical (unpaired) electrons. The molecule has 3 heteroatoms. The lowest BCUT2D eigenvalue weighted by atomic mass is 9.86. The first-order valence-corrected chi connectivity index (χ1v) is 15.6. The van der Waals surface area contributed by atoms with E-state index in [1.807, 2.05) is 12.1 Å². The second-order valence-corrected chi connectivity index (χ2v) is 13.6. The Hall–Kier alpha value is -5.02. The van der Waals surface area contributed by atoms with Crippen molar-refractivity contribution in [3.8, 4) is 56.5 Å². The smallest absolute Gasteiger partial charge is 0.222 e. The molecule has 224 valence electrons. The van der Waals surface area contributed by atoms with Crippen molar-refractivity contribution >= 4 is 0 Å². The molecule has 2 heterocycles. The lowest BCUT2D eigenvalue weighted by Crippen LogP contribution is -2.13. The minimum atomic E-state index is -0.113. The van der Waals surface area contributed by atoms with Gasteiger partial charge in [-0.25, -0.2) is 9.97 Å². The fourth-order valence-electron chi connectivity index (χ4n) is 5.52. The van der Waals surface area contributed by atoms with E-state index in [1.54, 1.807) is 0 Å². The van der Waals surface area contributed by atoms with E-state index in [0.29, 0.717) is 11.8 Å². The van der Waals surface area contributed by atoms with Gasteiger partial charge in [0.15, 0.2) is 0 Å². The molecule has 0 N–H and O–H groups in total. The number of hydrogen-bond donors (Lipinski definition) is 0. The van der Waals surface area contributed by atoms with E-state index in [1.165, 1.54) is 0 Å². The van der Waals surface area contributed by atoms with Gasteiger partial charge in [0.2, 0.25) is 11.8 Å². The van der Waals surface area contributed by atoms with Crippen LogP contribution in [-0.4, -0.2) is 9.97 Å². The molecule has 0 bridgehead atoms. The molecule has 0 spiro atoms. The summed E-state index contributed by atoms with van der Waals surface area (Å²) in [5.41, 5.74) is 10.5. The quantitative estimate of drug-likeness (QED) is 0.194. The molecule has 0 unspecified atom stereocenters. The summed E-state index contributed by atoms with van der Waals surface area (Å²) in [6, 6.07) is 46.3. The molecular weight excluding hydrogens is 548 g/mol. The molecule has 3 nitrogen and oxygen atoms in total. The van der Waals surface area contributed by atoms with Crippen molar-refractivity contribution in [2.75, 3.05) is 0 Å². The van der Waals surface area contributed by atoms with E-state index in [0.717, 1.165) is 55.9 Å². The third-order valence-electron chi connectivity index (χ3n) is 8.12. The van der Waals surface area contributed by atoms with Crippen molar-refractivity contribution in [2.24, 2.45) is 0 Å². The lowest BCUT2D eigenvalue weighted by Gasteiger charge is -2.23. The fraction of sp³-hybridized carbons (Fsp3) is 0.190. The van der Waals surface area contributed by atoms with Gasteiger partial charge in [-0.1, -0.05) is 151 Å².